The Bertz CT molecular complexity index is 371. The van der Waals surface area contributed by atoms with E-state index in [9.17, 15) is 4.39 Å². The van der Waals surface area contributed by atoms with Gasteiger partial charge in [0, 0.05) is 13.1 Å². The molecular formula is C11H13FN2O. The van der Waals surface area contributed by atoms with Crippen molar-refractivity contribution in [1.29, 1.82) is 5.26 Å². The molecule has 0 saturated heterocycles. The molecule has 0 aromatic heterocycles. The van der Waals surface area contributed by atoms with Gasteiger partial charge >= 0.3 is 0 Å². The zero-order chi connectivity index (χ0) is 11.3. The Kier molecular flexibility index (Phi) is 4.22. The average molecular weight is 208 g/mol. The lowest BCUT2D eigenvalue weighted by Gasteiger charge is -2.07. The van der Waals surface area contributed by atoms with Gasteiger partial charge in [-0.15, -0.1) is 0 Å². The number of nitrogens with one attached hydrogen (secondary N) is 1. The summed E-state index contributed by atoms with van der Waals surface area (Å²) in [5.41, 5.74) is 1.01. The van der Waals surface area contributed by atoms with Crippen LogP contribution in [0.15, 0.2) is 18.2 Å². The Morgan fingerprint density at radius 2 is 2.27 bits per heavy atom. The van der Waals surface area contributed by atoms with E-state index in [1.807, 2.05) is 6.07 Å². The van der Waals surface area contributed by atoms with Crippen molar-refractivity contribution in [3.05, 3.63) is 35.1 Å². The maximum atomic E-state index is 13.0. The van der Waals surface area contributed by atoms with Crippen molar-refractivity contribution in [3.63, 3.8) is 0 Å². The Morgan fingerprint density at radius 3 is 2.87 bits per heavy atom. The molecule has 0 aliphatic heterocycles. The third-order valence-corrected chi connectivity index (χ3v) is 1.86. The van der Waals surface area contributed by atoms with Crippen molar-refractivity contribution in [2.24, 2.45) is 0 Å². The fourth-order valence-electron chi connectivity index (χ4n) is 1.24. The molecule has 1 unspecified atom stereocenters. The summed E-state index contributed by atoms with van der Waals surface area (Å²) in [6.45, 7) is 2.55. The summed E-state index contributed by atoms with van der Waals surface area (Å²) in [5.74, 6) is -0.414. The first kappa shape index (κ1) is 11.6. The zero-order valence-electron chi connectivity index (χ0n) is 8.50. The molecule has 80 valence electrons. The van der Waals surface area contributed by atoms with Gasteiger partial charge in [0.1, 0.15) is 5.82 Å². The standard InChI is InChI=1S/C11H13FN2O/c1-8(15)6-14-7-10-2-9(5-13)3-11(12)4-10/h2-4,8,14-15H,6-7H2,1H3. The van der Waals surface area contributed by atoms with Crippen LogP contribution in [-0.4, -0.2) is 17.8 Å². The highest BCUT2D eigenvalue weighted by atomic mass is 19.1. The molecule has 0 aliphatic rings. The molecule has 0 spiro atoms. The van der Waals surface area contributed by atoms with E-state index >= 15 is 0 Å². The van der Waals surface area contributed by atoms with Crippen LogP contribution in [0.4, 0.5) is 4.39 Å². The molecule has 3 nitrogen and oxygen atoms in total. The number of aliphatic hydroxyl groups excluding tert-OH is 1. The van der Waals surface area contributed by atoms with Crippen LogP contribution in [0.5, 0.6) is 0 Å². The van der Waals surface area contributed by atoms with Gasteiger partial charge in [-0.3, -0.25) is 0 Å². The van der Waals surface area contributed by atoms with Crippen molar-refractivity contribution >= 4 is 0 Å². The lowest BCUT2D eigenvalue weighted by atomic mass is 10.1. The number of nitrogens with zero attached hydrogens (tertiary/aromatic N) is 1. The van der Waals surface area contributed by atoms with E-state index in [1.165, 1.54) is 12.1 Å². The molecule has 2 N–H and O–H groups in total. The second-order valence-corrected chi connectivity index (χ2v) is 3.44. The largest absolute Gasteiger partial charge is 0.392 e. The van der Waals surface area contributed by atoms with Gasteiger partial charge in [-0.25, -0.2) is 4.39 Å². The van der Waals surface area contributed by atoms with E-state index in [2.05, 4.69) is 5.32 Å². The molecule has 1 aromatic carbocycles. The van der Waals surface area contributed by atoms with Crippen molar-refractivity contribution in [3.8, 4) is 6.07 Å². The summed E-state index contributed by atoms with van der Waals surface area (Å²) in [6, 6.07) is 6.08. The van der Waals surface area contributed by atoms with Crippen molar-refractivity contribution in [2.75, 3.05) is 6.54 Å². The van der Waals surface area contributed by atoms with Gasteiger partial charge in [0.05, 0.1) is 17.7 Å². The lowest BCUT2D eigenvalue weighted by Crippen LogP contribution is -2.23. The fraction of sp³-hybridized carbons (Fsp3) is 0.364. The van der Waals surface area contributed by atoms with E-state index < -0.39 is 11.9 Å². The summed E-state index contributed by atoms with van der Waals surface area (Å²) >= 11 is 0. The van der Waals surface area contributed by atoms with Crippen LogP contribution < -0.4 is 5.32 Å². The van der Waals surface area contributed by atoms with Crippen LogP contribution in [0.1, 0.15) is 18.1 Å². The van der Waals surface area contributed by atoms with Gasteiger partial charge < -0.3 is 10.4 Å². The number of benzene rings is 1. The lowest BCUT2D eigenvalue weighted by molar-refractivity contribution is 0.191. The van der Waals surface area contributed by atoms with Crippen LogP contribution >= 0.6 is 0 Å². The minimum absolute atomic E-state index is 0.309. The van der Waals surface area contributed by atoms with Gasteiger partial charge in [-0.2, -0.15) is 5.26 Å². The maximum Gasteiger partial charge on any atom is 0.124 e. The van der Waals surface area contributed by atoms with Crippen LogP contribution in [-0.2, 0) is 6.54 Å². The highest BCUT2D eigenvalue weighted by molar-refractivity contribution is 5.33. The number of hydrogen-bond acceptors (Lipinski definition) is 3. The molecule has 0 fully saturated rings. The molecule has 0 radical (unpaired) electrons. The molecule has 0 bridgehead atoms. The number of aliphatic hydroxyl groups is 1. The average Bonchev–Trinajstić information content (AvgIpc) is 2.16. The Morgan fingerprint density at radius 1 is 1.53 bits per heavy atom. The first-order chi connectivity index (χ1) is 7.11. The van der Waals surface area contributed by atoms with E-state index in [1.54, 1.807) is 13.0 Å². The van der Waals surface area contributed by atoms with E-state index in [-0.39, 0.29) is 0 Å². The molecule has 1 rings (SSSR count). The second kappa shape index (κ2) is 5.44. The Hall–Kier alpha value is -1.44. The van der Waals surface area contributed by atoms with Gasteiger partial charge in [-0.1, -0.05) is 0 Å². The van der Waals surface area contributed by atoms with Crippen LogP contribution in [0.2, 0.25) is 0 Å². The molecule has 0 saturated carbocycles. The van der Waals surface area contributed by atoms with Crippen molar-refractivity contribution < 1.29 is 9.50 Å². The summed E-state index contributed by atoms with van der Waals surface area (Å²) in [7, 11) is 0. The predicted molar refractivity (Wildman–Crippen MR) is 54.5 cm³/mol. The van der Waals surface area contributed by atoms with Gasteiger partial charge in [-0.05, 0) is 30.7 Å². The quantitative estimate of drug-likeness (QED) is 0.780. The predicted octanol–water partition coefficient (Wildman–Crippen LogP) is 1.17. The Labute approximate surface area is 88.2 Å². The summed E-state index contributed by atoms with van der Waals surface area (Å²) in [6.07, 6.45) is -0.436. The molecule has 0 amide bonds. The smallest absolute Gasteiger partial charge is 0.124 e. The second-order valence-electron chi connectivity index (χ2n) is 3.44. The third kappa shape index (κ3) is 4.07. The van der Waals surface area contributed by atoms with Crippen LogP contribution in [0.25, 0.3) is 0 Å². The van der Waals surface area contributed by atoms with E-state index in [0.717, 1.165) is 0 Å². The highest BCUT2D eigenvalue weighted by Crippen LogP contribution is 2.08. The minimum Gasteiger partial charge on any atom is -0.392 e. The molecular weight excluding hydrogens is 195 g/mol. The molecule has 4 heteroatoms. The topological polar surface area (TPSA) is 56.0 Å². The van der Waals surface area contributed by atoms with Gasteiger partial charge in [0.15, 0.2) is 0 Å². The first-order valence-corrected chi connectivity index (χ1v) is 4.70. The van der Waals surface area contributed by atoms with E-state index in [4.69, 9.17) is 10.4 Å². The molecule has 1 atom stereocenters. The van der Waals surface area contributed by atoms with Crippen LogP contribution in [0, 0.1) is 17.1 Å². The number of rotatable bonds is 4. The van der Waals surface area contributed by atoms with E-state index in [0.29, 0.717) is 24.2 Å². The van der Waals surface area contributed by atoms with Gasteiger partial charge in [0.2, 0.25) is 0 Å². The molecule has 1 aromatic rings. The third-order valence-electron chi connectivity index (χ3n) is 1.86. The Balaban J connectivity index is 2.61. The fourth-order valence-corrected chi connectivity index (χ4v) is 1.24. The molecule has 0 heterocycles. The maximum absolute atomic E-state index is 13.0. The van der Waals surface area contributed by atoms with Gasteiger partial charge in [0.25, 0.3) is 0 Å². The van der Waals surface area contributed by atoms with Crippen molar-refractivity contribution in [2.45, 2.75) is 19.6 Å². The summed E-state index contributed by atoms with van der Waals surface area (Å²) in [4.78, 5) is 0. The number of hydrogen-bond donors (Lipinski definition) is 2. The number of halogens is 1. The molecule has 0 aliphatic carbocycles. The van der Waals surface area contributed by atoms with Crippen LogP contribution in [0.3, 0.4) is 0 Å². The van der Waals surface area contributed by atoms with Crippen molar-refractivity contribution in [1.82, 2.24) is 5.32 Å². The minimum atomic E-state index is -0.436. The molecule has 15 heavy (non-hydrogen) atoms. The number of nitriles is 1. The summed E-state index contributed by atoms with van der Waals surface area (Å²) < 4.78 is 13.0. The first-order valence-electron chi connectivity index (χ1n) is 4.70. The monoisotopic (exact) mass is 208 g/mol. The highest BCUT2D eigenvalue weighted by Gasteiger charge is 2.01. The summed E-state index contributed by atoms with van der Waals surface area (Å²) in [5, 5.41) is 20.6. The normalized spacial score (nSPS) is 12.1. The zero-order valence-corrected chi connectivity index (χ0v) is 8.50. The SMILES string of the molecule is CC(O)CNCc1cc(F)cc(C#N)c1.